The monoisotopic (exact) mass is 249 g/mol. The molecule has 2 aromatic heterocycles. The number of rotatable bonds is 6. The van der Waals surface area contributed by atoms with E-state index in [-0.39, 0.29) is 0 Å². The molecule has 0 spiro atoms. The van der Waals surface area contributed by atoms with E-state index in [0.29, 0.717) is 5.95 Å². The highest BCUT2D eigenvalue weighted by atomic mass is 32.2. The topological polar surface area (TPSA) is 66.5 Å². The minimum absolute atomic E-state index is 0.684. The molecule has 2 N–H and O–H groups in total. The number of thioether (sulfide) groups is 1. The summed E-state index contributed by atoms with van der Waals surface area (Å²) in [6, 6.07) is 1.81. The van der Waals surface area contributed by atoms with Crippen LogP contribution in [-0.4, -0.2) is 32.2 Å². The van der Waals surface area contributed by atoms with Crippen LogP contribution in [0.5, 0.6) is 0 Å². The average molecular weight is 249 g/mol. The molecule has 2 rings (SSSR count). The van der Waals surface area contributed by atoms with Crippen LogP contribution in [0.2, 0.25) is 0 Å². The predicted octanol–water partition coefficient (Wildman–Crippen LogP) is 1.85. The summed E-state index contributed by atoms with van der Waals surface area (Å²) in [6.45, 7) is 2.90. The van der Waals surface area contributed by atoms with Crippen molar-refractivity contribution in [3.05, 3.63) is 36.2 Å². The lowest BCUT2D eigenvalue weighted by Crippen LogP contribution is -2.07. The van der Waals surface area contributed by atoms with Gasteiger partial charge in [-0.05, 0) is 13.0 Å². The molecule has 17 heavy (non-hydrogen) atoms. The fourth-order valence-corrected chi connectivity index (χ4v) is 2.20. The fourth-order valence-electron chi connectivity index (χ4n) is 1.33. The third kappa shape index (κ3) is 3.74. The molecule has 0 aliphatic rings. The molecule has 0 atom stereocenters. The van der Waals surface area contributed by atoms with Gasteiger partial charge in [0.25, 0.3) is 0 Å². The smallest absolute Gasteiger partial charge is 0.222 e. The first-order valence-corrected chi connectivity index (χ1v) is 6.59. The van der Waals surface area contributed by atoms with E-state index in [2.05, 4.69) is 25.3 Å². The zero-order valence-corrected chi connectivity index (χ0v) is 10.5. The van der Waals surface area contributed by atoms with Gasteiger partial charge in [0.05, 0.1) is 12.0 Å². The first kappa shape index (κ1) is 11.9. The Bertz CT molecular complexity index is 442. The number of H-pyrrole nitrogens is 1. The number of nitrogens with one attached hydrogen (secondary N) is 2. The molecule has 0 saturated carbocycles. The minimum atomic E-state index is 0.684. The number of aryl methyl sites for hydroxylation is 1. The van der Waals surface area contributed by atoms with Gasteiger partial charge < -0.3 is 10.3 Å². The molecule has 6 heteroatoms. The van der Waals surface area contributed by atoms with Crippen molar-refractivity contribution in [1.29, 1.82) is 0 Å². The molecular formula is C11H15N5S. The highest BCUT2D eigenvalue weighted by Crippen LogP contribution is 2.11. The molecular weight excluding hydrogens is 234 g/mol. The Morgan fingerprint density at radius 2 is 2.12 bits per heavy atom. The average Bonchev–Trinajstić information content (AvgIpc) is 2.76. The van der Waals surface area contributed by atoms with Crippen molar-refractivity contribution in [2.75, 3.05) is 17.6 Å². The maximum absolute atomic E-state index is 4.25. The number of anilines is 1. The zero-order chi connectivity index (χ0) is 11.9. The summed E-state index contributed by atoms with van der Waals surface area (Å²) in [5, 5.41) is 3.17. The van der Waals surface area contributed by atoms with E-state index < -0.39 is 0 Å². The van der Waals surface area contributed by atoms with Crippen LogP contribution >= 0.6 is 11.8 Å². The molecule has 2 heterocycles. The van der Waals surface area contributed by atoms with E-state index in [1.54, 1.807) is 24.8 Å². The Morgan fingerprint density at radius 1 is 1.29 bits per heavy atom. The molecule has 0 radical (unpaired) electrons. The molecule has 0 saturated heterocycles. The molecule has 0 fully saturated rings. The van der Waals surface area contributed by atoms with Crippen LogP contribution in [0.1, 0.15) is 11.4 Å². The fraction of sp³-hybridized carbons (Fsp3) is 0.364. The van der Waals surface area contributed by atoms with Gasteiger partial charge in [0.15, 0.2) is 0 Å². The summed E-state index contributed by atoms with van der Waals surface area (Å²) in [6.07, 6.45) is 5.20. The summed E-state index contributed by atoms with van der Waals surface area (Å²) in [5.74, 6) is 2.63. The number of aromatic nitrogens is 4. The van der Waals surface area contributed by atoms with E-state index in [0.717, 1.165) is 29.4 Å². The van der Waals surface area contributed by atoms with E-state index in [4.69, 9.17) is 0 Å². The molecule has 90 valence electrons. The Hall–Kier alpha value is -1.56. The van der Waals surface area contributed by atoms with Crippen LogP contribution in [0.3, 0.4) is 0 Å². The summed E-state index contributed by atoms with van der Waals surface area (Å²) >= 11 is 1.84. The summed E-state index contributed by atoms with van der Waals surface area (Å²) in [5.41, 5.74) is 2.28. The normalized spacial score (nSPS) is 10.4. The van der Waals surface area contributed by atoms with Crippen LogP contribution in [0.15, 0.2) is 24.8 Å². The van der Waals surface area contributed by atoms with Crippen LogP contribution < -0.4 is 5.32 Å². The second-order valence-corrected chi connectivity index (χ2v) is 4.63. The van der Waals surface area contributed by atoms with Gasteiger partial charge in [0, 0.05) is 36.1 Å². The van der Waals surface area contributed by atoms with Gasteiger partial charge in [-0.1, -0.05) is 0 Å². The number of nitrogens with zero attached hydrogens (tertiary/aromatic N) is 3. The molecule has 0 aliphatic carbocycles. The second kappa shape index (κ2) is 6.24. The van der Waals surface area contributed by atoms with Crippen molar-refractivity contribution in [1.82, 2.24) is 19.9 Å². The van der Waals surface area contributed by atoms with Crippen molar-refractivity contribution in [2.45, 2.75) is 12.7 Å². The number of hydrogen-bond acceptors (Lipinski definition) is 5. The lowest BCUT2D eigenvalue weighted by atomic mass is 10.4. The van der Waals surface area contributed by atoms with Gasteiger partial charge in [-0.25, -0.2) is 15.0 Å². The van der Waals surface area contributed by atoms with Crippen molar-refractivity contribution >= 4 is 17.7 Å². The Kier molecular flexibility index (Phi) is 4.37. The van der Waals surface area contributed by atoms with Crippen molar-refractivity contribution in [3.8, 4) is 0 Å². The largest absolute Gasteiger partial charge is 0.353 e. The first-order chi connectivity index (χ1) is 8.36. The summed E-state index contributed by atoms with van der Waals surface area (Å²) < 4.78 is 0. The number of hydrogen-bond donors (Lipinski definition) is 2. The third-order valence-electron chi connectivity index (χ3n) is 2.27. The standard InChI is InChI=1S/C11H15N5S/c1-9-10(16-8-15-9)7-17-6-5-14-11-12-3-2-4-13-11/h2-4,8H,5-7H2,1H3,(H,15,16)(H,12,13,14). The molecule has 0 aromatic carbocycles. The molecule has 0 bridgehead atoms. The highest BCUT2D eigenvalue weighted by Gasteiger charge is 2.00. The van der Waals surface area contributed by atoms with Gasteiger partial charge in [-0.3, -0.25) is 0 Å². The van der Waals surface area contributed by atoms with E-state index in [1.165, 1.54) is 0 Å². The van der Waals surface area contributed by atoms with E-state index in [9.17, 15) is 0 Å². The SMILES string of the molecule is Cc1[nH]cnc1CSCCNc1ncccn1. The van der Waals surface area contributed by atoms with Crippen LogP contribution in [-0.2, 0) is 5.75 Å². The Labute approximate surface area is 104 Å². The van der Waals surface area contributed by atoms with E-state index in [1.807, 2.05) is 18.7 Å². The zero-order valence-electron chi connectivity index (χ0n) is 9.68. The van der Waals surface area contributed by atoms with Gasteiger partial charge in [-0.15, -0.1) is 0 Å². The Morgan fingerprint density at radius 3 is 2.82 bits per heavy atom. The van der Waals surface area contributed by atoms with Gasteiger partial charge in [0.1, 0.15) is 0 Å². The van der Waals surface area contributed by atoms with Crippen molar-refractivity contribution in [2.24, 2.45) is 0 Å². The summed E-state index contributed by atoms with van der Waals surface area (Å²) in [4.78, 5) is 15.5. The van der Waals surface area contributed by atoms with Crippen molar-refractivity contribution < 1.29 is 0 Å². The molecule has 0 unspecified atom stereocenters. The third-order valence-corrected chi connectivity index (χ3v) is 3.24. The Balaban J connectivity index is 1.63. The summed E-state index contributed by atoms with van der Waals surface area (Å²) in [7, 11) is 0. The quantitative estimate of drug-likeness (QED) is 0.765. The van der Waals surface area contributed by atoms with Crippen LogP contribution in [0, 0.1) is 6.92 Å². The lowest BCUT2D eigenvalue weighted by Gasteiger charge is -2.03. The van der Waals surface area contributed by atoms with Gasteiger partial charge in [0.2, 0.25) is 5.95 Å². The predicted molar refractivity (Wildman–Crippen MR) is 70.0 cm³/mol. The lowest BCUT2D eigenvalue weighted by molar-refractivity contribution is 1.09. The van der Waals surface area contributed by atoms with Crippen LogP contribution in [0.4, 0.5) is 5.95 Å². The maximum Gasteiger partial charge on any atom is 0.222 e. The molecule has 5 nitrogen and oxygen atoms in total. The van der Waals surface area contributed by atoms with Gasteiger partial charge >= 0.3 is 0 Å². The van der Waals surface area contributed by atoms with Gasteiger partial charge in [-0.2, -0.15) is 11.8 Å². The second-order valence-electron chi connectivity index (χ2n) is 3.53. The maximum atomic E-state index is 4.25. The number of imidazole rings is 1. The number of aromatic amines is 1. The molecule has 2 aromatic rings. The van der Waals surface area contributed by atoms with E-state index >= 15 is 0 Å². The first-order valence-electron chi connectivity index (χ1n) is 5.44. The highest BCUT2D eigenvalue weighted by molar-refractivity contribution is 7.98. The molecule has 0 amide bonds. The molecule has 0 aliphatic heterocycles. The minimum Gasteiger partial charge on any atom is -0.353 e. The van der Waals surface area contributed by atoms with Crippen molar-refractivity contribution in [3.63, 3.8) is 0 Å². The van der Waals surface area contributed by atoms with Crippen LogP contribution in [0.25, 0.3) is 0 Å².